The van der Waals surface area contributed by atoms with Gasteiger partial charge in [0.25, 0.3) is 0 Å². The van der Waals surface area contributed by atoms with Gasteiger partial charge in [-0.3, -0.25) is 5.84 Å². The molecule has 0 fully saturated rings. The molecule has 0 bridgehead atoms. The summed E-state index contributed by atoms with van der Waals surface area (Å²) in [4.78, 5) is 3.68. The summed E-state index contributed by atoms with van der Waals surface area (Å²) in [5.41, 5.74) is 1.99. The average molecular weight is 270 g/mol. The second-order valence-corrected chi connectivity index (χ2v) is 3.95. The molecule has 8 heteroatoms. The molecule has 17 heavy (non-hydrogen) atoms. The highest BCUT2D eigenvalue weighted by Gasteiger charge is 2.48. The van der Waals surface area contributed by atoms with Gasteiger partial charge in [-0.25, -0.2) is 10.4 Å². The molecule has 3 atom stereocenters. The van der Waals surface area contributed by atoms with Crippen molar-refractivity contribution in [1.29, 1.82) is 0 Å². The van der Waals surface area contributed by atoms with E-state index in [0.717, 1.165) is 0 Å². The van der Waals surface area contributed by atoms with Crippen LogP contribution in [0.15, 0.2) is 4.99 Å². The van der Waals surface area contributed by atoms with Crippen LogP contribution in [-0.4, -0.2) is 30.2 Å². The van der Waals surface area contributed by atoms with Crippen molar-refractivity contribution in [1.82, 2.24) is 5.43 Å². The van der Waals surface area contributed by atoms with Gasteiger partial charge in [0.05, 0.1) is 5.92 Å². The Hall–Kier alpha value is -0.970. The molecule has 0 aromatic carbocycles. The van der Waals surface area contributed by atoms with E-state index in [0.29, 0.717) is 0 Å². The number of nitrogens with two attached hydrogens (primary N) is 1. The number of ether oxygens (including phenoxy) is 1. The van der Waals surface area contributed by atoms with Gasteiger partial charge in [0, 0.05) is 0 Å². The summed E-state index contributed by atoms with van der Waals surface area (Å²) in [6, 6.07) is 0. The molecule has 0 amide bonds. The quantitative estimate of drug-likeness (QED) is 0.340. The normalized spacial score (nSPS) is 29.4. The molecule has 3 unspecified atom stereocenters. The Kier molecular flexibility index (Phi) is 4.62. The summed E-state index contributed by atoms with van der Waals surface area (Å²) >= 11 is 5.75. The molecule has 96 valence electrons. The summed E-state index contributed by atoms with van der Waals surface area (Å²) in [7, 11) is 0. The second-order valence-electron chi connectivity index (χ2n) is 3.42. The zero-order chi connectivity index (χ0) is 13.1. The van der Waals surface area contributed by atoms with Gasteiger partial charge in [0.15, 0.2) is 0 Å². The van der Waals surface area contributed by atoms with Crippen LogP contribution in [0.5, 0.6) is 0 Å². The van der Waals surface area contributed by atoms with E-state index >= 15 is 0 Å². The van der Waals surface area contributed by atoms with Crippen LogP contribution in [0.1, 0.15) is 6.42 Å². The molecule has 0 spiro atoms. The van der Waals surface area contributed by atoms with Crippen LogP contribution in [-0.2, 0) is 4.74 Å². The largest absolute Gasteiger partial charge is 0.467 e. The lowest BCUT2D eigenvalue weighted by atomic mass is 9.96. The van der Waals surface area contributed by atoms with Crippen LogP contribution in [0, 0.1) is 18.3 Å². The van der Waals surface area contributed by atoms with Gasteiger partial charge < -0.3 is 4.74 Å². The highest BCUT2D eigenvalue weighted by atomic mass is 35.5. The van der Waals surface area contributed by atoms with Gasteiger partial charge in [0.1, 0.15) is 18.1 Å². The zero-order valence-electron chi connectivity index (χ0n) is 8.67. The number of aliphatic imine (C=N–C) groups is 1. The molecule has 0 saturated carbocycles. The smallest absolute Gasteiger partial charge is 0.395 e. The summed E-state index contributed by atoms with van der Waals surface area (Å²) in [6.45, 7) is -0.101. The van der Waals surface area contributed by atoms with Gasteiger partial charge >= 0.3 is 6.18 Å². The van der Waals surface area contributed by atoms with E-state index in [9.17, 15) is 13.2 Å². The fourth-order valence-electron chi connectivity index (χ4n) is 1.47. The minimum Gasteiger partial charge on any atom is -0.467 e. The molecule has 1 aliphatic rings. The number of hydrazine groups is 1. The molecule has 3 N–H and O–H groups in total. The van der Waals surface area contributed by atoms with Crippen LogP contribution in [0.4, 0.5) is 13.2 Å². The van der Waals surface area contributed by atoms with E-state index in [4.69, 9.17) is 28.6 Å². The first-order valence-corrected chi connectivity index (χ1v) is 5.14. The maximum absolute atomic E-state index is 12.6. The van der Waals surface area contributed by atoms with Crippen LogP contribution in [0.25, 0.3) is 0 Å². The first-order chi connectivity index (χ1) is 7.90. The minimum absolute atomic E-state index is 0.0203. The molecule has 0 aromatic heterocycles. The number of nitrogens with one attached hydrogen (secondary N) is 1. The highest BCUT2D eigenvalue weighted by Crippen LogP contribution is 2.36. The Morgan fingerprint density at radius 1 is 1.65 bits per heavy atom. The molecule has 0 saturated heterocycles. The van der Waals surface area contributed by atoms with Crippen molar-refractivity contribution in [2.75, 3.05) is 6.61 Å². The monoisotopic (exact) mass is 269 g/mol. The summed E-state index contributed by atoms with van der Waals surface area (Å²) in [6.07, 6.45) is -1.13. The number of rotatable bonds is 2. The maximum atomic E-state index is 12.6. The lowest BCUT2D eigenvalue weighted by Gasteiger charge is -2.32. The highest BCUT2D eigenvalue weighted by molar-refractivity contribution is 6.30. The number of halogens is 4. The van der Waals surface area contributed by atoms with Crippen molar-refractivity contribution < 1.29 is 17.9 Å². The van der Waals surface area contributed by atoms with Gasteiger partial charge in [-0.15, -0.1) is 18.0 Å². The minimum atomic E-state index is -4.43. The lowest BCUT2D eigenvalue weighted by molar-refractivity contribution is -0.184. The predicted octanol–water partition coefficient (Wildman–Crippen LogP) is 1.01. The Balaban J connectivity index is 2.86. The molecule has 1 heterocycles. The third-order valence-electron chi connectivity index (χ3n) is 2.27. The molecular weight excluding hydrogens is 259 g/mol. The van der Waals surface area contributed by atoms with Gasteiger partial charge in [-0.1, -0.05) is 5.92 Å². The molecule has 0 radical (unpaired) electrons. The van der Waals surface area contributed by atoms with Gasteiger partial charge in [-0.2, -0.15) is 13.2 Å². The number of nitrogens with zero attached hydrogens (tertiary/aromatic N) is 1. The molecular formula is C9H11ClF3N3O. The zero-order valence-corrected chi connectivity index (χ0v) is 9.42. The van der Waals surface area contributed by atoms with Crippen molar-refractivity contribution in [2.24, 2.45) is 16.8 Å². The van der Waals surface area contributed by atoms with Crippen LogP contribution >= 0.6 is 11.6 Å². The van der Waals surface area contributed by atoms with Crippen LogP contribution in [0.2, 0.25) is 0 Å². The average Bonchev–Trinajstić information content (AvgIpc) is 2.25. The third-order valence-corrected chi connectivity index (χ3v) is 2.64. The van der Waals surface area contributed by atoms with Gasteiger partial charge in [-0.05, 0) is 6.42 Å². The third kappa shape index (κ3) is 3.49. The number of terminal acetylenes is 1. The predicted molar refractivity (Wildman–Crippen MR) is 57.1 cm³/mol. The summed E-state index contributed by atoms with van der Waals surface area (Å²) in [5.74, 6) is 5.44. The topological polar surface area (TPSA) is 59.6 Å². The van der Waals surface area contributed by atoms with Gasteiger partial charge in [0.2, 0.25) is 5.90 Å². The number of hydrogen-bond acceptors (Lipinski definition) is 4. The van der Waals surface area contributed by atoms with E-state index in [-0.39, 0.29) is 18.9 Å². The fourth-order valence-corrected chi connectivity index (χ4v) is 1.78. The molecule has 0 aromatic rings. The van der Waals surface area contributed by atoms with Crippen molar-refractivity contribution >= 4 is 17.5 Å². The SMILES string of the molecule is C#CCOC1=NC(NN)C(C(F)(F)F)CC1Cl. The molecule has 1 rings (SSSR count). The van der Waals surface area contributed by atoms with Crippen molar-refractivity contribution in [2.45, 2.75) is 24.1 Å². The number of hydrogen-bond donors (Lipinski definition) is 2. The van der Waals surface area contributed by atoms with Crippen molar-refractivity contribution in [3.63, 3.8) is 0 Å². The Morgan fingerprint density at radius 3 is 2.76 bits per heavy atom. The fraction of sp³-hybridized carbons (Fsp3) is 0.667. The Bertz CT molecular complexity index is 339. The maximum Gasteiger partial charge on any atom is 0.395 e. The lowest BCUT2D eigenvalue weighted by Crippen LogP contribution is -2.50. The molecule has 1 aliphatic heterocycles. The Morgan fingerprint density at radius 2 is 2.29 bits per heavy atom. The van der Waals surface area contributed by atoms with E-state index in [1.807, 2.05) is 5.43 Å². The standard InChI is InChI=1S/C9H11ClF3N3O/c1-2-3-17-8-6(10)4-5(9(11,12)13)7(15-8)16-14/h1,5-7,16H,3-4,14H2. The first kappa shape index (κ1) is 14.1. The van der Waals surface area contributed by atoms with E-state index in [1.54, 1.807) is 0 Å². The van der Waals surface area contributed by atoms with Crippen LogP contribution in [0.3, 0.4) is 0 Å². The number of alkyl halides is 4. The molecule has 4 nitrogen and oxygen atoms in total. The van der Waals surface area contributed by atoms with Crippen molar-refractivity contribution in [3.05, 3.63) is 0 Å². The first-order valence-electron chi connectivity index (χ1n) is 4.71. The van der Waals surface area contributed by atoms with E-state index < -0.39 is 23.6 Å². The van der Waals surface area contributed by atoms with Crippen LogP contribution < -0.4 is 11.3 Å². The van der Waals surface area contributed by atoms with Crippen molar-refractivity contribution in [3.8, 4) is 12.3 Å². The van der Waals surface area contributed by atoms with E-state index in [1.165, 1.54) is 0 Å². The summed E-state index contributed by atoms with van der Waals surface area (Å²) < 4.78 is 42.9. The summed E-state index contributed by atoms with van der Waals surface area (Å²) in [5, 5.41) is -0.959. The molecule has 0 aliphatic carbocycles. The Labute approximate surface area is 101 Å². The van der Waals surface area contributed by atoms with E-state index in [2.05, 4.69) is 10.9 Å². The second kappa shape index (κ2) is 5.58.